The lowest BCUT2D eigenvalue weighted by Crippen LogP contribution is -2.48. The van der Waals surface area contributed by atoms with Crippen LogP contribution in [0.4, 0.5) is 17.6 Å². The van der Waals surface area contributed by atoms with Crippen LogP contribution >= 0.6 is 0 Å². The summed E-state index contributed by atoms with van der Waals surface area (Å²) >= 11 is 0. The van der Waals surface area contributed by atoms with Crippen LogP contribution in [-0.2, 0) is 23.1 Å². The number of aromatic nitrogens is 1. The van der Waals surface area contributed by atoms with Gasteiger partial charge in [0, 0.05) is 31.2 Å². The van der Waals surface area contributed by atoms with E-state index in [1.807, 2.05) is 5.32 Å². The highest BCUT2D eigenvalue weighted by molar-refractivity contribution is 5.93. The molecular formula is C24H26F4N2O4. The van der Waals surface area contributed by atoms with E-state index in [1.54, 1.807) is 13.8 Å². The van der Waals surface area contributed by atoms with Gasteiger partial charge in [-0.3, -0.25) is 14.6 Å². The first-order valence-electron chi connectivity index (χ1n) is 10.8. The first kappa shape index (κ1) is 25.6. The van der Waals surface area contributed by atoms with Crippen LogP contribution in [0.5, 0.6) is 5.75 Å². The van der Waals surface area contributed by atoms with E-state index in [9.17, 15) is 37.4 Å². The van der Waals surface area contributed by atoms with E-state index in [-0.39, 0.29) is 49.3 Å². The number of aliphatic hydroxyl groups excluding tert-OH is 1. The monoisotopic (exact) mass is 482 g/mol. The van der Waals surface area contributed by atoms with Gasteiger partial charge in [-0.25, -0.2) is 4.39 Å². The molecule has 1 amide bonds. The molecule has 1 aliphatic rings. The second kappa shape index (κ2) is 9.32. The normalized spacial score (nSPS) is 15.1. The third-order valence-corrected chi connectivity index (χ3v) is 6.12. The first-order chi connectivity index (χ1) is 15.8. The van der Waals surface area contributed by atoms with Crippen molar-refractivity contribution in [1.82, 2.24) is 10.3 Å². The molecule has 1 aliphatic carbocycles. The van der Waals surface area contributed by atoms with Crippen molar-refractivity contribution in [1.29, 1.82) is 0 Å². The number of carbonyl (C=O) groups excluding carboxylic acids is 2. The van der Waals surface area contributed by atoms with Gasteiger partial charge in [0.15, 0.2) is 0 Å². The Morgan fingerprint density at radius 1 is 1.15 bits per heavy atom. The van der Waals surface area contributed by atoms with Crippen LogP contribution in [0.15, 0.2) is 30.5 Å². The Morgan fingerprint density at radius 2 is 1.82 bits per heavy atom. The summed E-state index contributed by atoms with van der Waals surface area (Å²) in [4.78, 5) is 28.6. The summed E-state index contributed by atoms with van der Waals surface area (Å²) in [5, 5.41) is 21.5. The maximum absolute atomic E-state index is 14.6. The van der Waals surface area contributed by atoms with Gasteiger partial charge in [-0.2, -0.15) is 13.2 Å². The van der Waals surface area contributed by atoms with Gasteiger partial charge < -0.3 is 15.5 Å². The van der Waals surface area contributed by atoms with Crippen LogP contribution in [-0.4, -0.2) is 45.2 Å². The summed E-state index contributed by atoms with van der Waals surface area (Å²) in [6.45, 7) is 3.36. The van der Waals surface area contributed by atoms with E-state index in [0.717, 1.165) is 6.07 Å². The third kappa shape index (κ3) is 5.55. The van der Waals surface area contributed by atoms with Gasteiger partial charge in [-0.1, -0.05) is 13.8 Å². The molecule has 1 aromatic heterocycles. The summed E-state index contributed by atoms with van der Waals surface area (Å²) in [6, 6.07) is 5.00. The van der Waals surface area contributed by atoms with Crippen molar-refractivity contribution in [3.05, 3.63) is 58.7 Å². The molecule has 3 rings (SSSR count). The minimum absolute atomic E-state index is 0.0149. The minimum atomic E-state index is -4.56. The number of rotatable bonds is 9. The average Bonchev–Trinajstić information content (AvgIpc) is 3.51. The van der Waals surface area contributed by atoms with Crippen molar-refractivity contribution in [2.24, 2.45) is 0 Å². The van der Waals surface area contributed by atoms with E-state index >= 15 is 0 Å². The topological polar surface area (TPSA) is 99.5 Å². The number of Topliss-reactive ketones (excluding diaryl/α,β-unsaturated/α-hetero) is 1. The van der Waals surface area contributed by atoms with Crippen LogP contribution in [0.25, 0.3) is 0 Å². The number of aliphatic hydroxyl groups is 1. The van der Waals surface area contributed by atoms with E-state index < -0.39 is 34.6 Å². The van der Waals surface area contributed by atoms with E-state index in [2.05, 4.69) is 4.98 Å². The molecule has 1 fully saturated rings. The number of phenols is 1. The average molecular weight is 482 g/mol. The van der Waals surface area contributed by atoms with Crippen LogP contribution in [0, 0.1) is 5.82 Å². The summed E-state index contributed by atoms with van der Waals surface area (Å²) < 4.78 is 53.9. The SMILES string of the molecule is CC(C)(CCO)c1cc(F)c(CC(=O)Cc2ccnc(C(=O)NC3(C(F)(F)F)CC3)c2)cc1O. The number of ketones is 1. The molecule has 1 aromatic carbocycles. The molecule has 10 heteroatoms. The Bertz CT molecular complexity index is 1090. The quantitative estimate of drug-likeness (QED) is 0.473. The largest absolute Gasteiger partial charge is 0.508 e. The van der Waals surface area contributed by atoms with Crippen molar-refractivity contribution >= 4 is 11.7 Å². The molecular weight excluding hydrogens is 456 g/mol. The zero-order valence-electron chi connectivity index (χ0n) is 18.8. The number of phenolic OH excluding ortho intramolecular Hbond substituents is 1. The lowest BCUT2D eigenvalue weighted by atomic mass is 9.80. The number of hydrogen-bond donors (Lipinski definition) is 3. The molecule has 0 spiro atoms. The van der Waals surface area contributed by atoms with Crippen LogP contribution < -0.4 is 5.32 Å². The smallest absolute Gasteiger partial charge is 0.411 e. The number of alkyl halides is 3. The lowest BCUT2D eigenvalue weighted by Gasteiger charge is -2.25. The highest BCUT2D eigenvalue weighted by atomic mass is 19.4. The number of halogens is 4. The lowest BCUT2D eigenvalue weighted by molar-refractivity contribution is -0.163. The van der Waals surface area contributed by atoms with Crippen LogP contribution in [0.3, 0.4) is 0 Å². The Hall–Kier alpha value is -3.01. The van der Waals surface area contributed by atoms with Gasteiger partial charge in [-0.05, 0) is 60.1 Å². The summed E-state index contributed by atoms with van der Waals surface area (Å²) in [5.74, 6) is -2.28. The van der Waals surface area contributed by atoms with Crippen molar-refractivity contribution in [3.8, 4) is 5.75 Å². The van der Waals surface area contributed by atoms with Crippen molar-refractivity contribution in [3.63, 3.8) is 0 Å². The highest BCUT2D eigenvalue weighted by Gasteiger charge is 2.64. The first-order valence-corrected chi connectivity index (χ1v) is 10.8. The fourth-order valence-electron chi connectivity index (χ4n) is 3.79. The predicted molar refractivity (Wildman–Crippen MR) is 115 cm³/mol. The standard InChI is InChI=1S/C24H26F4N2O4/c1-22(2,6-8-31)17-13-18(25)15(12-20(17)33)11-16(32)9-14-3-7-29-19(10-14)21(34)30-23(4-5-23)24(26,27)28/h3,7,10,12-13,31,33H,4-6,8-9,11H2,1-2H3,(H,30,34). The number of pyridine rings is 1. The number of carbonyl (C=O) groups is 2. The molecule has 0 bridgehead atoms. The Kier molecular flexibility index (Phi) is 7.02. The van der Waals surface area contributed by atoms with Crippen molar-refractivity contribution in [2.45, 2.75) is 63.1 Å². The third-order valence-electron chi connectivity index (χ3n) is 6.12. The van der Waals surface area contributed by atoms with Gasteiger partial charge in [0.1, 0.15) is 28.6 Å². The Morgan fingerprint density at radius 3 is 2.41 bits per heavy atom. The van der Waals surface area contributed by atoms with E-state index in [4.69, 9.17) is 0 Å². The van der Waals surface area contributed by atoms with E-state index in [1.165, 1.54) is 24.4 Å². The molecule has 1 heterocycles. The molecule has 0 radical (unpaired) electrons. The second-order valence-electron chi connectivity index (χ2n) is 9.29. The molecule has 0 aliphatic heterocycles. The van der Waals surface area contributed by atoms with Crippen LogP contribution in [0.1, 0.15) is 60.3 Å². The molecule has 0 saturated heterocycles. The van der Waals surface area contributed by atoms with Crippen molar-refractivity contribution < 1.29 is 37.4 Å². The van der Waals surface area contributed by atoms with Gasteiger partial charge in [0.25, 0.3) is 5.91 Å². The van der Waals surface area contributed by atoms with E-state index in [0.29, 0.717) is 17.5 Å². The van der Waals surface area contributed by atoms with Gasteiger partial charge in [0.05, 0.1) is 0 Å². The number of benzene rings is 1. The zero-order valence-corrected chi connectivity index (χ0v) is 18.8. The molecule has 34 heavy (non-hydrogen) atoms. The number of nitrogens with zero attached hydrogens (tertiary/aromatic N) is 1. The predicted octanol–water partition coefficient (Wildman–Crippen LogP) is 3.77. The fraction of sp³-hybridized carbons (Fsp3) is 0.458. The summed E-state index contributed by atoms with van der Waals surface area (Å²) in [5.41, 5.74) is -2.52. The second-order valence-corrected chi connectivity index (χ2v) is 9.29. The zero-order chi connectivity index (χ0) is 25.3. The summed E-state index contributed by atoms with van der Waals surface area (Å²) in [6.07, 6.45) is -3.97. The molecule has 6 nitrogen and oxygen atoms in total. The minimum Gasteiger partial charge on any atom is -0.508 e. The number of aromatic hydroxyl groups is 1. The maximum atomic E-state index is 14.6. The Labute approximate surface area is 194 Å². The highest BCUT2D eigenvalue weighted by Crippen LogP contribution is 2.49. The molecule has 184 valence electrons. The maximum Gasteiger partial charge on any atom is 0.411 e. The number of nitrogens with one attached hydrogen (secondary N) is 1. The van der Waals surface area contributed by atoms with Crippen molar-refractivity contribution in [2.75, 3.05) is 6.61 Å². The molecule has 1 saturated carbocycles. The fourth-order valence-corrected chi connectivity index (χ4v) is 3.79. The van der Waals surface area contributed by atoms with Gasteiger partial charge in [-0.15, -0.1) is 0 Å². The van der Waals surface area contributed by atoms with Gasteiger partial charge >= 0.3 is 6.18 Å². The molecule has 2 aromatic rings. The molecule has 0 atom stereocenters. The molecule has 0 unspecified atom stereocenters. The molecule has 3 N–H and O–H groups in total. The number of amides is 1. The number of hydrogen-bond acceptors (Lipinski definition) is 5. The summed E-state index contributed by atoms with van der Waals surface area (Å²) in [7, 11) is 0. The Balaban J connectivity index is 1.69. The van der Waals surface area contributed by atoms with Gasteiger partial charge in [0.2, 0.25) is 0 Å². The van der Waals surface area contributed by atoms with Crippen LogP contribution in [0.2, 0.25) is 0 Å².